The third-order valence-electron chi connectivity index (χ3n) is 1.75. The lowest BCUT2D eigenvalue weighted by Crippen LogP contribution is -2.21. The molecule has 0 spiro atoms. The molecule has 0 N–H and O–H groups in total. The average Bonchev–Trinajstić information content (AvgIpc) is 1.85. The monoisotopic (exact) mass is 154 g/mol. The molecule has 0 fully saturated rings. The molecule has 0 aliphatic heterocycles. The first-order valence-corrected chi connectivity index (χ1v) is 4.03. The van der Waals surface area contributed by atoms with Crippen LogP contribution in [0.1, 0.15) is 34.1 Å². The molecule has 0 bridgehead atoms. The maximum absolute atomic E-state index is 11.4. The Morgan fingerprint density at radius 3 is 2.27 bits per heavy atom. The van der Waals surface area contributed by atoms with Gasteiger partial charge < -0.3 is 0 Å². The molecule has 1 atom stereocenters. The van der Waals surface area contributed by atoms with Crippen LogP contribution in [0.2, 0.25) is 0 Å². The van der Waals surface area contributed by atoms with E-state index < -0.39 is 0 Å². The molecule has 0 radical (unpaired) electrons. The summed E-state index contributed by atoms with van der Waals surface area (Å²) >= 11 is 0. The molecule has 0 amide bonds. The first kappa shape index (κ1) is 10.4. The lowest BCUT2D eigenvalue weighted by molar-refractivity contribution is -0.126. The van der Waals surface area contributed by atoms with E-state index in [1.54, 1.807) is 0 Å². The molecule has 0 saturated heterocycles. The summed E-state index contributed by atoms with van der Waals surface area (Å²) in [7, 11) is 0. The molecule has 0 aliphatic rings. The predicted octanol–water partition coefficient (Wildman–Crippen LogP) is 2.81. The number of ketones is 1. The van der Waals surface area contributed by atoms with Gasteiger partial charge in [-0.1, -0.05) is 33.8 Å². The summed E-state index contributed by atoms with van der Waals surface area (Å²) in [5, 5.41) is 0. The largest absolute Gasteiger partial charge is 0.299 e. The predicted molar refractivity (Wildman–Crippen MR) is 48.4 cm³/mol. The van der Waals surface area contributed by atoms with Crippen LogP contribution in [0.25, 0.3) is 0 Å². The van der Waals surface area contributed by atoms with E-state index in [1.807, 2.05) is 33.8 Å². The van der Waals surface area contributed by atoms with Gasteiger partial charge >= 0.3 is 0 Å². The Morgan fingerprint density at radius 2 is 2.00 bits per heavy atom. The fourth-order valence-electron chi connectivity index (χ4n) is 0.682. The van der Waals surface area contributed by atoms with Crippen LogP contribution in [0, 0.1) is 11.3 Å². The van der Waals surface area contributed by atoms with Gasteiger partial charge in [-0.25, -0.2) is 0 Å². The molecule has 64 valence electrons. The van der Waals surface area contributed by atoms with Gasteiger partial charge in [0, 0.05) is 11.8 Å². The Balaban J connectivity index is 3.98. The Labute approximate surface area is 69.5 Å². The molecule has 0 aromatic carbocycles. The van der Waals surface area contributed by atoms with E-state index in [-0.39, 0.29) is 5.41 Å². The van der Waals surface area contributed by atoms with Gasteiger partial charge in [0.15, 0.2) is 0 Å². The van der Waals surface area contributed by atoms with Gasteiger partial charge in [-0.2, -0.15) is 0 Å². The minimum atomic E-state index is -0.197. The number of allylic oxidation sites excluding steroid dienone is 1. The van der Waals surface area contributed by atoms with Crippen LogP contribution in [0.4, 0.5) is 0 Å². The second-order valence-electron chi connectivity index (χ2n) is 4.09. The highest BCUT2D eigenvalue weighted by Crippen LogP contribution is 2.19. The lowest BCUT2D eigenvalue weighted by Gasteiger charge is -2.17. The third kappa shape index (κ3) is 3.97. The molecule has 0 rings (SSSR count). The second kappa shape index (κ2) is 3.70. The summed E-state index contributed by atoms with van der Waals surface area (Å²) in [4.78, 5) is 11.4. The van der Waals surface area contributed by atoms with Crippen LogP contribution in [0.5, 0.6) is 0 Å². The van der Waals surface area contributed by atoms with Gasteiger partial charge in [0.1, 0.15) is 5.78 Å². The first-order valence-electron chi connectivity index (χ1n) is 4.03. The molecule has 1 heteroatoms. The van der Waals surface area contributed by atoms with Crippen LogP contribution in [-0.2, 0) is 4.79 Å². The van der Waals surface area contributed by atoms with Crippen molar-refractivity contribution in [3.63, 3.8) is 0 Å². The first-order chi connectivity index (χ1) is 4.88. The quantitative estimate of drug-likeness (QED) is 0.571. The van der Waals surface area contributed by atoms with Crippen LogP contribution < -0.4 is 0 Å². The SMILES string of the molecule is C=CC(C)CC(=O)C(C)(C)C. The fraction of sp³-hybridized carbons (Fsp3) is 0.700. The van der Waals surface area contributed by atoms with E-state index in [4.69, 9.17) is 0 Å². The van der Waals surface area contributed by atoms with E-state index in [0.29, 0.717) is 18.1 Å². The molecule has 0 aromatic heterocycles. The standard InChI is InChI=1S/C10H18O/c1-6-8(2)7-9(11)10(3,4)5/h6,8H,1,7H2,2-5H3. The second-order valence-corrected chi connectivity index (χ2v) is 4.09. The van der Waals surface area contributed by atoms with Crippen molar-refractivity contribution in [3.8, 4) is 0 Å². The van der Waals surface area contributed by atoms with Crippen molar-refractivity contribution >= 4 is 5.78 Å². The van der Waals surface area contributed by atoms with Crippen molar-refractivity contribution in [2.45, 2.75) is 34.1 Å². The molecule has 11 heavy (non-hydrogen) atoms. The molecular formula is C10H18O. The van der Waals surface area contributed by atoms with Crippen LogP contribution in [-0.4, -0.2) is 5.78 Å². The van der Waals surface area contributed by atoms with Gasteiger partial charge in [0.05, 0.1) is 0 Å². The lowest BCUT2D eigenvalue weighted by atomic mass is 9.86. The van der Waals surface area contributed by atoms with E-state index in [9.17, 15) is 4.79 Å². The number of rotatable bonds is 3. The minimum absolute atomic E-state index is 0.197. The molecule has 1 nitrogen and oxygen atoms in total. The van der Waals surface area contributed by atoms with Gasteiger partial charge in [-0.3, -0.25) is 4.79 Å². The molecule has 1 unspecified atom stereocenters. The van der Waals surface area contributed by atoms with E-state index in [1.165, 1.54) is 0 Å². The van der Waals surface area contributed by atoms with Gasteiger partial charge in [0.2, 0.25) is 0 Å². The number of hydrogen-bond donors (Lipinski definition) is 0. The van der Waals surface area contributed by atoms with Crippen molar-refractivity contribution in [3.05, 3.63) is 12.7 Å². The zero-order valence-corrected chi connectivity index (χ0v) is 7.98. The number of Topliss-reactive ketones (excluding diaryl/α,β-unsaturated/α-hetero) is 1. The zero-order chi connectivity index (χ0) is 9.07. The average molecular weight is 154 g/mol. The van der Waals surface area contributed by atoms with Gasteiger partial charge in [-0.05, 0) is 5.92 Å². The van der Waals surface area contributed by atoms with Crippen LogP contribution in [0.15, 0.2) is 12.7 Å². The van der Waals surface area contributed by atoms with Crippen LogP contribution >= 0.6 is 0 Å². The highest BCUT2D eigenvalue weighted by atomic mass is 16.1. The topological polar surface area (TPSA) is 17.1 Å². The van der Waals surface area contributed by atoms with Crippen molar-refractivity contribution < 1.29 is 4.79 Å². The molecule has 0 aliphatic carbocycles. The number of carbonyl (C=O) groups excluding carboxylic acids is 1. The summed E-state index contributed by atoms with van der Waals surface area (Å²) < 4.78 is 0. The highest BCUT2D eigenvalue weighted by molar-refractivity contribution is 5.83. The van der Waals surface area contributed by atoms with E-state index >= 15 is 0 Å². The highest BCUT2D eigenvalue weighted by Gasteiger charge is 2.21. The smallest absolute Gasteiger partial charge is 0.138 e. The van der Waals surface area contributed by atoms with Gasteiger partial charge in [0.25, 0.3) is 0 Å². The van der Waals surface area contributed by atoms with E-state index in [2.05, 4.69) is 6.58 Å². The molecule has 0 heterocycles. The number of carbonyl (C=O) groups is 1. The van der Waals surface area contributed by atoms with Gasteiger partial charge in [-0.15, -0.1) is 6.58 Å². The fourth-order valence-corrected chi connectivity index (χ4v) is 0.682. The normalized spacial score (nSPS) is 14.2. The summed E-state index contributed by atoms with van der Waals surface area (Å²) in [5.74, 6) is 0.617. The van der Waals surface area contributed by atoms with Crippen molar-refractivity contribution in [1.29, 1.82) is 0 Å². The molecular weight excluding hydrogens is 136 g/mol. The Kier molecular flexibility index (Phi) is 3.50. The zero-order valence-electron chi connectivity index (χ0n) is 7.98. The summed E-state index contributed by atoms with van der Waals surface area (Å²) in [6.07, 6.45) is 2.44. The Morgan fingerprint density at radius 1 is 1.55 bits per heavy atom. The maximum atomic E-state index is 11.4. The Bertz CT molecular complexity index is 151. The number of hydrogen-bond acceptors (Lipinski definition) is 1. The van der Waals surface area contributed by atoms with Crippen molar-refractivity contribution in [2.24, 2.45) is 11.3 Å². The molecule has 0 aromatic rings. The van der Waals surface area contributed by atoms with Crippen molar-refractivity contribution in [1.82, 2.24) is 0 Å². The summed E-state index contributed by atoms with van der Waals surface area (Å²) in [6.45, 7) is 11.5. The van der Waals surface area contributed by atoms with Crippen LogP contribution in [0.3, 0.4) is 0 Å². The van der Waals surface area contributed by atoms with E-state index in [0.717, 1.165) is 0 Å². The van der Waals surface area contributed by atoms with Crippen molar-refractivity contribution in [2.75, 3.05) is 0 Å². The molecule has 0 saturated carbocycles. The Hall–Kier alpha value is -0.590. The third-order valence-corrected chi connectivity index (χ3v) is 1.75. The maximum Gasteiger partial charge on any atom is 0.138 e. The summed E-state index contributed by atoms with van der Waals surface area (Å²) in [5.41, 5.74) is -0.197. The minimum Gasteiger partial charge on any atom is -0.299 e. The summed E-state index contributed by atoms with van der Waals surface area (Å²) in [6, 6.07) is 0.